The molecule has 0 aliphatic rings. The molecule has 0 radical (unpaired) electrons. The van der Waals surface area contributed by atoms with Crippen molar-refractivity contribution in [3.05, 3.63) is 0 Å². The molecule has 0 spiro atoms. The van der Waals surface area contributed by atoms with Gasteiger partial charge in [0.1, 0.15) is 0 Å². The summed E-state index contributed by atoms with van der Waals surface area (Å²) in [5.74, 6) is 0. The first-order chi connectivity index (χ1) is 4.83. The molecule has 72 valence electrons. The molecule has 0 aliphatic heterocycles. The van der Waals surface area contributed by atoms with Crippen molar-refractivity contribution in [2.24, 2.45) is 0 Å². The second kappa shape index (κ2) is 15.4. The molecule has 0 atom stereocenters. The first-order valence-corrected chi connectivity index (χ1v) is 3.51. The van der Waals surface area contributed by atoms with E-state index in [4.69, 9.17) is 15.1 Å². The molecule has 0 fully saturated rings. The molecule has 0 bridgehead atoms. The number of rotatable bonds is 2. The summed E-state index contributed by atoms with van der Waals surface area (Å²) < 4.78 is 16.5. The molecule has 0 aliphatic carbocycles. The molecule has 0 aromatic rings. The average molecular weight is 298 g/mol. The van der Waals surface area contributed by atoms with Crippen molar-refractivity contribution in [2.45, 2.75) is 0 Å². The van der Waals surface area contributed by atoms with Crippen LogP contribution in [0.5, 0.6) is 0 Å². The van der Waals surface area contributed by atoms with Crippen LogP contribution in [0.15, 0.2) is 0 Å². The van der Waals surface area contributed by atoms with E-state index in [1.807, 2.05) is 0 Å². The number of carbonyl (C=O) groups is 2. The Morgan fingerprint density at radius 2 is 1.13 bits per heavy atom. The zero-order valence-corrected chi connectivity index (χ0v) is 5.72. The summed E-state index contributed by atoms with van der Waals surface area (Å²) in [7, 11) is -5.00. The van der Waals surface area contributed by atoms with Gasteiger partial charge in [-0.3, -0.25) is 4.89 Å². The standard InChI is InChI=1S/C2H3O8P.K.3Na.4H/c3-1(4)9-11(7,8)10-2(5)6;;;;;;;;/h(H,3,4)(H,5,6)(H,7,8);;;;;;;;. The third-order valence-corrected chi connectivity index (χ3v) is 1.16. The molecule has 0 saturated carbocycles. The van der Waals surface area contributed by atoms with Crippen LogP contribution in [0.2, 0.25) is 0 Å². The van der Waals surface area contributed by atoms with Crippen LogP contribution in [0.4, 0.5) is 9.59 Å². The molecule has 0 unspecified atom stereocenters. The maximum absolute atomic E-state index is 10.2. The number of hydrogen-bond acceptors (Lipinski definition) is 5. The minimum absolute atomic E-state index is 0. The summed E-state index contributed by atoms with van der Waals surface area (Å²) in [5.41, 5.74) is 0. The zero-order chi connectivity index (χ0) is 9.07. The van der Waals surface area contributed by atoms with E-state index in [1.54, 1.807) is 0 Å². The second-order valence-electron chi connectivity index (χ2n) is 1.18. The molecule has 0 aromatic carbocycles. The van der Waals surface area contributed by atoms with Gasteiger partial charge in [-0.15, -0.1) is 0 Å². The van der Waals surface area contributed by atoms with Gasteiger partial charge >= 0.3 is 160 Å². The Hall–Kier alpha value is 3.37. The van der Waals surface area contributed by atoms with Gasteiger partial charge in [-0.25, -0.2) is 14.2 Å². The Morgan fingerprint density at radius 3 is 1.27 bits per heavy atom. The fraction of sp³-hybridized carbons (Fsp3) is 0. The van der Waals surface area contributed by atoms with E-state index >= 15 is 0 Å². The average Bonchev–Trinajstić information content (AvgIpc) is 1.53. The molecular weight excluding hydrogens is 291 g/mol. The first kappa shape index (κ1) is 31.0. The number of phosphoric acid groups is 1. The predicted molar refractivity (Wildman–Crippen MR) is 56.6 cm³/mol. The minimum atomic E-state index is -5.00. The Kier molecular flexibility index (Phi) is 31.9. The van der Waals surface area contributed by atoms with Crippen molar-refractivity contribution in [3.63, 3.8) is 0 Å². The molecule has 0 rings (SSSR count). The molecule has 0 saturated heterocycles. The van der Waals surface area contributed by atoms with Gasteiger partial charge in [0.05, 0.1) is 0 Å². The van der Waals surface area contributed by atoms with Crippen molar-refractivity contribution >= 4 is 160 Å². The van der Waals surface area contributed by atoms with Crippen LogP contribution >= 0.6 is 7.82 Å². The molecule has 8 nitrogen and oxygen atoms in total. The maximum atomic E-state index is 10.2. The summed E-state index contributed by atoms with van der Waals surface area (Å²) >= 11 is 0. The first-order valence-electron chi connectivity index (χ1n) is 2.01. The summed E-state index contributed by atoms with van der Waals surface area (Å²) in [4.78, 5) is 27.3. The molecule has 15 heavy (non-hydrogen) atoms. The number of carboxylic acid groups (broad SMARTS) is 2. The molecule has 0 heterocycles. The van der Waals surface area contributed by atoms with E-state index in [0.717, 1.165) is 0 Å². The monoisotopic (exact) mass is 298 g/mol. The zero-order valence-electron chi connectivity index (χ0n) is 4.83. The van der Waals surface area contributed by atoms with E-state index in [-0.39, 0.29) is 140 Å². The van der Waals surface area contributed by atoms with Gasteiger partial charge in [-0.05, 0) is 0 Å². The van der Waals surface area contributed by atoms with Crippen LogP contribution < -0.4 is 0 Å². The van der Waals surface area contributed by atoms with Crippen LogP contribution in [0.25, 0.3) is 0 Å². The summed E-state index contributed by atoms with van der Waals surface area (Å²) in [5, 5.41) is 15.5. The van der Waals surface area contributed by atoms with E-state index in [9.17, 15) is 14.2 Å². The van der Waals surface area contributed by atoms with Gasteiger partial charge in [0.15, 0.2) is 0 Å². The van der Waals surface area contributed by atoms with Crippen LogP contribution in [0.1, 0.15) is 0 Å². The van der Waals surface area contributed by atoms with Crippen molar-refractivity contribution in [1.29, 1.82) is 0 Å². The third-order valence-electron chi connectivity index (χ3n) is 0.387. The predicted octanol–water partition coefficient (Wildman–Crippen LogP) is -2.12. The molecule has 13 heteroatoms. The summed E-state index contributed by atoms with van der Waals surface area (Å²) in [6.07, 6.45) is -4.20. The molecule has 3 N–H and O–H groups in total. The van der Waals surface area contributed by atoms with Crippen LogP contribution in [-0.4, -0.2) is 167 Å². The van der Waals surface area contributed by atoms with Crippen LogP contribution in [-0.2, 0) is 13.6 Å². The van der Waals surface area contributed by atoms with Crippen LogP contribution in [0, 0.1) is 0 Å². The van der Waals surface area contributed by atoms with Gasteiger partial charge in [0, 0.05) is 0 Å². The number of phosphoric ester groups is 1. The summed E-state index contributed by atoms with van der Waals surface area (Å²) in [6.45, 7) is 0. The van der Waals surface area contributed by atoms with E-state index in [2.05, 4.69) is 9.05 Å². The van der Waals surface area contributed by atoms with Crippen molar-refractivity contribution in [2.75, 3.05) is 0 Å². The Balaban J connectivity index is -0.0000000833. The second-order valence-corrected chi connectivity index (χ2v) is 2.49. The molecule has 0 aromatic heterocycles. The van der Waals surface area contributed by atoms with E-state index < -0.39 is 20.1 Å². The quantitative estimate of drug-likeness (QED) is 0.390. The Bertz CT molecular complexity index is 214. The Labute approximate surface area is 194 Å². The molecule has 0 amide bonds. The number of hydrogen-bond donors (Lipinski definition) is 3. The van der Waals surface area contributed by atoms with Gasteiger partial charge in [-0.2, -0.15) is 0 Å². The SMILES string of the molecule is O=C(O)OP(=O)(O)OC(=O)O.[KH].[NaH].[NaH].[NaH]. The Morgan fingerprint density at radius 1 is 0.933 bits per heavy atom. The van der Waals surface area contributed by atoms with E-state index in [0.29, 0.717) is 0 Å². The van der Waals surface area contributed by atoms with Crippen LogP contribution in [0.3, 0.4) is 0 Å². The van der Waals surface area contributed by atoms with Gasteiger partial charge < -0.3 is 19.3 Å². The summed E-state index contributed by atoms with van der Waals surface area (Å²) in [6, 6.07) is 0. The third kappa shape index (κ3) is 23.0. The van der Waals surface area contributed by atoms with Crippen molar-refractivity contribution in [1.82, 2.24) is 0 Å². The molecular formula is C2H7KNa3O8P. The normalized spacial score (nSPS) is 7.53. The van der Waals surface area contributed by atoms with E-state index in [1.165, 1.54) is 0 Å². The topological polar surface area (TPSA) is 130 Å². The van der Waals surface area contributed by atoms with Gasteiger partial charge in [0.25, 0.3) is 0 Å². The van der Waals surface area contributed by atoms with Gasteiger partial charge in [0.2, 0.25) is 0 Å². The fourth-order valence-electron chi connectivity index (χ4n) is 0.216. The van der Waals surface area contributed by atoms with Crippen molar-refractivity contribution < 1.29 is 38.3 Å². The van der Waals surface area contributed by atoms with Gasteiger partial charge in [-0.1, -0.05) is 0 Å². The van der Waals surface area contributed by atoms with Crippen molar-refractivity contribution in [3.8, 4) is 0 Å². The fourth-order valence-corrected chi connectivity index (χ4v) is 0.648.